The van der Waals surface area contributed by atoms with E-state index in [-0.39, 0.29) is 6.61 Å². The maximum Gasteiger partial charge on any atom is 0.408 e. The van der Waals surface area contributed by atoms with Crippen LogP contribution in [0.1, 0.15) is 32.4 Å². The molecule has 0 spiro atoms. The van der Waals surface area contributed by atoms with E-state index in [0.717, 1.165) is 0 Å². The van der Waals surface area contributed by atoms with E-state index in [1.807, 2.05) is 6.07 Å². The average molecular weight is 291 g/mol. The molecule has 0 radical (unpaired) electrons. The second-order valence-electron chi connectivity index (χ2n) is 5.41. The molecule has 0 fully saturated rings. The molecule has 0 unspecified atom stereocenters. The highest BCUT2D eigenvalue weighted by Crippen LogP contribution is 2.18. The molecule has 1 amide bonds. The Bertz CT molecular complexity index is 491. The third-order valence-electron chi connectivity index (χ3n) is 2.37. The molecule has 0 saturated heterocycles. The van der Waals surface area contributed by atoms with E-state index in [9.17, 15) is 9.59 Å². The SMILES string of the molecule is C=CCOC(=O)N[C@@H](C(=O)OC(C)(C)C)c1ccccc1. The van der Waals surface area contributed by atoms with Gasteiger partial charge in [0, 0.05) is 0 Å². The zero-order valence-electron chi connectivity index (χ0n) is 12.6. The van der Waals surface area contributed by atoms with Crippen molar-refractivity contribution in [2.75, 3.05) is 6.61 Å². The third-order valence-corrected chi connectivity index (χ3v) is 2.37. The van der Waals surface area contributed by atoms with Gasteiger partial charge in [0.25, 0.3) is 0 Å². The fourth-order valence-electron chi connectivity index (χ4n) is 1.58. The number of hydrogen-bond donors (Lipinski definition) is 1. The van der Waals surface area contributed by atoms with Crippen LogP contribution in [0.25, 0.3) is 0 Å². The molecule has 0 bridgehead atoms. The first-order valence-corrected chi connectivity index (χ1v) is 6.65. The lowest BCUT2D eigenvalue weighted by Crippen LogP contribution is -2.38. The highest BCUT2D eigenvalue weighted by molar-refractivity contribution is 5.83. The summed E-state index contributed by atoms with van der Waals surface area (Å²) in [6.45, 7) is 8.83. The Labute approximate surface area is 124 Å². The largest absolute Gasteiger partial charge is 0.458 e. The van der Waals surface area contributed by atoms with E-state index in [4.69, 9.17) is 9.47 Å². The Morgan fingerprint density at radius 2 is 1.90 bits per heavy atom. The van der Waals surface area contributed by atoms with Crippen molar-refractivity contribution in [3.8, 4) is 0 Å². The van der Waals surface area contributed by atoms with Crippen molar-refractivity contribution in [2.45, 2.75) is 32.4 Å². The number of carbonyl (C=O) groups is 2. The maximum atomic E-state index is 12.3. The topological polar surface area (TPSA) is 64.6 Å². The predicted molar refractivity (Wildman–Crippen MR) is 79.7 cm³/mol. The molecule has 21 heavy (non-hydrogen) atoms. The van der Waals surface area contributed by atoms with Gasteiger partial charge in [0.05, 0.1) is 0 Å². The number of ether oxygens (including phenoxy) is 2. The number of esters is 1. The van der Waals surface area contributed by atoms with Crippen molar-refractivity contribution in [3.63, 3.8) is 0 Å². The molecule has 0 aromatic heterocycles. The van der Waals surface area contributed by atoms with Crippen LogP contribution in [0.3, 0.4) is 0 Å². The molecule has 1 aromatic rings. The molecule has 5 nitrogen and oxygen atoms in total. The molecular weight excluding hydrogens is 270 g/mol. The summed E-state index contributed by atoms with van der Waals surface area (Å²) in [5, 5.41) is 2.51. The lowest BCUT2D eigenvalue weighted by atomic mass is 10.1. The molecule has 0 aliphatic heterocycles. The Morgan fingerprint density at radius 3 is 2.43 bits per heavy atom. The number of alkyl carbamates (subject to hydrolysis) is 1. The second-order valence-corrected chi connectivity index (χ2v) is 5.41. The number of amides is 1. The van der Waals surface area contributed by atoms with Crippen molar-refractivity contribution < 1.29 is 19.1 Å². The molecule has 1 atom stereocenters. The van der Waals surface area contributed by atoms with Crippen molar-refractivity contribution in [1.29, 1.82) is 0 Å². The van der Waals surface area contributed by atoms with Crippen LogP contribution in [0.2, 0.25) is 0 Å². The summed E-state index contributed by atoms with van der Waals surface area (Å²) in [5.74, 6) is -0.538. The van der Waals surface area contributed by atoms with Gasteiger partial charge in [0.15, 0.2) is 6.04 Å². The fraction of sp³-hybridized carbons (Fsp3) is 0.375. The van der Waals surface area contributed by atoms with E-state index in [2.05, 4.69) is 11.9 Å². The summed E-state index contributed by atoms with van der Waals surface area (Å²) in [6, 6.07) is 7.95. The van der Waals surface area contributed by atoms with Crippen LogP contribution >= 0.6 is 0 Å². The summed E-state index contributed by atoms with van der Waals surface area (Å²) in [5.41, 5.74) is -0.0149. The summed E-state index contributed by atoms with van der Waals surface area (Å²) < 4.78 is 10.2. The first kappa shape index (κ1) is 16.8. The van der Waals surface area contributed by atoms with Gasteiger partial charge in [-0.05, 0) is 26.3 Å². The third kappa shape index (κ3) is 6.12. The van der Waals surface area contributed by atoms with Gasteiger partial charge in [-0.2, -0.15) is 0 Å². The Kier molecular flexibility index (Phi) is 5.96. The van der Waals surface area contributed by atoms with E-state index in [1.165, 1.54) is 6.08 Å². The van der Waals surface area contributed by atoms with Gasteiger partial charge < -0.3 is 14.8 Å². The van der Waals surface area contributed by atoms with Gasteiger partial charge in [-0.1, -0.05) is 43.0 Å². The van der Waals surface area contributed by atoms with Crippen molar-refractivity contribution >= 4 is 12.1 Å². The van der Waals surface area contributed by atoms with Crippen molar-refractivity contribution in [2.24, 2.45) is 0 Å². The highest BCUT2D eigenvalue weighted by Gasteiger charge is 2.28. The fourth-order valence-corrected chi connectivity index (χ4v) is 1.58. The Balaban J connectivity index is 2.87. The smallest absolute Gasteiger partial charge is 0.408 e. The van der Waals surface area contributed by atoms with Crippen molar-refractivity contribution in [3.05, 3.63) is 48.6 Å². The van der Waals surface area contributed by atoms with E-state index < -0.39 is 23.7 Å². The molecule has 0 aliphatic rings. The van der Waals surface area contributed by atoms with Gasteiger partial charge >= 0.3 is 12.1 Å². The van der Waals surface area contributed by atoms with Crippen LogP contribution in [-0.4, -0.2) is 24.3 Å². The minimum atomic E-state index is -0.914. The van der Waals surface area contributed by atoms with E-state index in [0.29, 0.717) is 5.56 Å². The molecule has 5 heteroatoms. The van der Waals surface area contributed by atoms with Gasteiger partial charge in [0.1, 0.15) is 12.2 Å². The summed E-state index contributed by atoms with van der Waals surface area (Å²) in [4.78, 5) is 23.9. The van der Waals surface area contributed by atoms with Crippen LogP contribution in [0.15, 0.2) is 43.0 Å². The summed E-state index contributed by atoms with van der Waals surface area (Å²) in [7, 11) is 0. The second kappa shape index (κ2) is 7.47. The molecule has 1 rings (SSSR count). The number of rotatable bonds is 5. The van der Waals surface area contributed by atoms with Crippen LogP contribution in [-0.2, 0) is 14.3 Å². The lowest BCUT2D eigenvalue weighted by Gasteiger charge is -2.24. The minimum absolute atomic E-state index is 0.0711. The maximum absolute atomic E-state index is 12.3. The van der Waals surface area contributed by atoms with Gasteiger partial charge in [-0.15, -0.1) is 0 Å². The average Bonchev–Trinajstić information content (AvgIpc) is 2.41. The Morgan fingerprint density at radius 1 is 1.29 bits per heavy atom. The molecule has 1 aromatic carbocycles. The zero-order chi connectivity index (χ0) is 15.9. The highest BCUT2D eigenvalue weighted by atomic mass is 16.6. The van der Waals surface area contributed by atoms with Gasteiger partial charge in [-0.3, -0.25) is 0 Å². The Hall–Kier alpha value is -2.30. The summed E-state index contributed by atoms with van der Waals surface area (Å²) in [6.07, 6.45) is 0.750. The van der Waals surface area contributed by atoms with Crippen LogP contribution in [0, 0.1) is 0 Å². The van der Waals surface area contributed by atoms with Crippen LogP contribution < -0.4 is 5.32 Å². The van der Waals surface area contributed by atoms with Crippen molar-refractivity contribution in [1.82, 2.24) is 5.32 Å². The first-order valence-electron chi connectivity index (χ1n) is 6.65. The van der Waals surface area contributed by atoms with Crippen LogP contribution in [0.4, 0.5) is 4.79 Å². The number of nitrogens with one attached hydrogen (secondary N) is 1. The first-order chi connectivity index (χ1) is 9.83. The van der Waals surface area contributed by atoms with E-state index in [1.54, 1.807) is 45.0 Å². The quantitative estimate of drug-likeness (QED) is 0.669. The van der Waals surface area contributed by atoms with Gasteiger partial charge in [0.2, 0.25) is 0 Å². The molecule has 114 valence electrons. The van der Waals surface area contributed by atoms with Crippen LogP contribution in [0.5, 0.6) is 0 Å². The number of benzene rings is 1. The summed E-state index contributed by atoms with van der Waals surface area (Å²) >= 11 is 0. The molecule has 0 saturated carbocycles. The van der Waals surface area contributed by atoms with E-state index >= 15 is 0 Å². The molecule has 1 N–H and O–H groups in total. The lowest BCUT2D eigenvalue weighted by molar-refractivity contribution is -0.157. The minimum Gasteiger partial charge on any atom is -0.458 e. The number of hydrogen-bond acceptors (Lipinski definition) is 4. The molecule has 0 heterocycles. The zero-order valence-corrected chi connectivity index (χ0v) is 12.6. The molecule has 0 aliphatic carbocycles. The molecular formula is C16H21NO4. The number of carbonyl (C=O) groups excluding carboxylic acids is 2. The predicted octanol–water partition coefficient (Wildman–Crippen LogP) is 2.98. The monoisotopic (exact) mass is 291 g/mol. The normalized spacial score (nSPS) is 12.1. The van der Waals surface area contributed by atoms with Gasteiger partial charge in [-0.25, -0.2) is 9.59 Å². The standard InChI is InChI=1S/C16H21NO4/c1-5-11-20-15(19)17-13(12-9-7-6-8-10-12)14(18)21-16(2,3)4/h5-10,13H,1,11H2,2-4H3,(H,17,19)/t13-/m1/s1.